The van der Waals surface area contributed by atoms with Gasteiger partial charge in [-0.2, -0.15) is 4.37 Å². The SMILES string of the molecule is COCCn1c(Cc2c(F)cc(-c3csnc3OCc3ccc(Cl)cc3F)cc2F)nc2ccc(C(=O)OC)cc21. The second kappa shape index (κ2) is 12.3. The van der Waals surface area contributed by atoms with E-state index in [-0.39, 0.29) is 40.6 Å². The van der Waals surface area contributed by atoms with Crippen LogP contribution < -0.4 is 4.74 Å². The lowest BCUT2D eigenvalue weighted by Gasteiger charge is -2.12. The van der Waals surface area contributed by atoms with E-state index in [1.54, 1.807) is 35.3 Å². The molecular formula is C29H23ClF3N3O4S. The summed E-state index contributed by atoms with van der Waals surface area (Å²) in [5.41, 5.74) is 2.18. The summed E-state index contributed by atoms with van der Waals surface area (Å²) in [6, 6.07) is 11.5. The van der Waals surface area contributed by atoms with E-state index < -0.39 is 23.4 Å². The fourth-order valence-corrected chi connectivity index (χ4v) is 5.18. The number of benzene rings is 3. The Labute approximate surface area is 242 Å². The van der Waals surface area contributed by atoms with Gasteiger partial charge < -0.3 is 18.8 Å². The van der Waals surface area contributed by atoms with Crippen LogP contribution in [0.3, 0.4) is 0 Å². The molecule has 0 N–H and O–H groups in total. The maximum Gasteiger partial charge on any atom is 0.337 e. The predicted molar refractivity (Wildman–Crippen MR) is 149 cm³/mol. The first kappa shape index (κ1) is 28.6. The maximum atomic E-state index is 15.4. The Morgan fingerprint density at radius 1 is 1.02 bits per heavy atom. The number of methoxy groups -OCH3 is 2. The molecule has 7 nitrogen and oxygen atoms in total. The Kier molecular flexibility index (Phi) is 8.57. The Balaban J connectivity index is 1.43. The summed E-state index contributed by atoms with van der Waals surface area (Å²) in [4.78, 5) is 16.6. The van der Waals surface area contributed by atoms with Gasteiger partial charge in [-0.05, 0) is 59.6 Å². The number of halogens is 4. The summed E-state index contributed by atoms with van der Waals surface area (Å²) >= 11 is 6.84. The highest BCUT2D eigenvalue weighted by molar-refractivity contribution is 7.04. The number of imidazole rings is 1. The summed E-state index contributed by atoms with van der Waals surface area (Å²) in [6.45, 7) is 0.528. The average molecular weight is 602 g/mol. The molecular weight excluding hydrogens is 579 g/mol. The van der Waals surface area contributed by atoms with Crippen molar-refractivity contribution >= 4 is 40.1 Å². The van der Waals surface area contributed by atoms with Crippen LogP contribution in [0.4, 0.5) is 13.2 Å². The average Bonchev–Trinajstić information content (AvgIpc) is 3.56. The Bertz CT molecular complexity index is 1720. The fourth-order valence-electron chi connectivity index (χ4n) is 4.38. The first-order valence-corrected chi connectivity index (χ1v) is 13.6. The molecule has 0 atom stereocenters. The van der Waals surface area contributed by atoms with E-state index in [1.807, 2.05) is 0 Å². The van der Waals surface area contributed by atoms with Gasteiger partial charge in [-0.15, -0.1) is 0 Å². The van der Waals surface area contributed by atoms with Crippen molar-refractivity contribution in [2.75, 3.05) is 20.8 Å². The van der Waals surface area contributed by atoms with Gasteiger partial charge in [0.05, 0.1) is 35.9 Å². The normalized spacial score (nSPS) is 11.3. The van der Waals surface area contributed by atoms with Crippen LogP contribution >= 0.6 is 23.1 Å². The molecule has 0 amide bonds. The van der Waals surface area contributed by atoms with Crippen LogP contribution in [0, 0.1) is 17.5 Å². The van der Waals surface area contributed by atoms with Crippen LogP contribution in [0.1, 0.15) is 27.3 Å². The van der Waals surface area contributed by atoms with Gasteiger partial charge in [-0.1, -0.05) is 17.7 Å². The molecule has 41 heavy (non-hydrogen) atoms. The van der Waals surface area contributed by atoms with Crippen LogP contribution in [-0.4, -0.2) is 40.7 Å². The van der Waals surface area contributed by atoms with E-state index >= 15 is 8.78 Å². The molecule has 5 aromatic rings. The quantitative estimate of drug-likeness (QED) is 0.163. The largest absolute Gasteiger partial charge is 0.472 e. The third-order valence-electron chi connectivity index (χ3n) is 6.47. The third kappa shape index (κ3) is 6.07. The fraction of sp³-hybridized carbons (Fsp3) is 0.207. The molecule has 5 rings (SSSR count). The van der Waals surface area contributed by atoms with Gasteiger partial charge in [0.15, 0.2) is 0 Å². The number of hydrogen-bond donors (Lipinski definition) is 0. The minimum absolute atomic E-state index is 0.124. The molecule has 0 bridgehead atoms. The van der Waals surface area contributed by atoms with Crippen molar-refractivity contribution in [2.24, 2.45) is 0 Å². The molecule has 0 fully saturated rings. The van der Waals surface area contributed by atoms with Gasteiger partial charge in [-0.3, -0.25) is 0 Å². The number of nitrogens with zero attached hydrogens (tertiary/aromatic N) is 3. The second-order valence-corrected chi connectivity index (χ2v) is 10.1. The molecule has 0 saturated heterocycles. The van der Waals surface area contributed by atoms with E-state index in [0.717, 1.165) is 11.5 Å². The van der Waals surface area contributed by atoms with E-state index in [9.17, 15) is 9.18 Å². The van der Waals surface area contributed by atoms with E-state index in [4.69, 9.17) is 25.8 Å². The standard InChI is InChI=1S/C29H23ClF3N3O4S/c1-38-8-7-36-26-11-16(29(37)39-2)4-6-25(26)34-27(36)13-20-23(32)9-18(10-24(20)33)21-15-41-35-28(21)40-14-17-3-5-19(30)12-22(17)31/h3-6,9-12,15H,7-8,13-14H2,1-2H3. The minimum atomic E-state index is -0.776. The summed E-state index contributed by atoms with van der Waals surface area (Å²) < 4.78 is 66.7. The summed E-state index contributed by atoms with van der Waals surface area (Å²) in [6.07, 6.45) is -0.148. The topological polar surface area (TPSA) is 75.5 Å². The molecule has 0 saturated carbocycles. The van der Waals surface area contributed by atoms with Gasteiger partial charge in [0.1, 0.15) is 29.9 Å². The zero-order valence-electron chi connectivity index (χ0n) is 21.9. The van der Waals surface area contributed by atoms with Crippen LogP contribution in [0.2, 0.25) is 5.02 Å². The molecule has 2 aromatic heterocycles. The maximum absolute atomic E-state index is 15.4. The lowest BCUT2D eigenvalue weighted by Crippen LogP contribution is -2.11. The van der Waals surface area contributed by atoms with E-state index in [0.29, 0.717) is 41.1 Å². The molecule has 2 heterocycles. The van der Waals surface area contributed by atoms with Crippen molar-refractivity contribution in [3.05, 3.63) is 98.9 Å². The molecule has 0 aliphatic carbocycles. The number of esters is 1. The number of rotatable bonds is 10. The van der Waals surface area contributed by atoms with Crippen LogP contribution in [0.5, 0.6) is 5.88 Å². The van der Waals surface area contributed by atoms with Gasteiger partial charge in [0.25, 0.3) is 0 Å². The number of carbonyl (C=O) groups excluding carboxylic acids is 1. The molecule has 3 aromatic carbocycles. The molecule has 0 aliphatic heterocycles. The predicted octanol–water partition coefficient (Wildman–Crippen LogP) is 6.83. The summed E-state index contributed by atoms with van der Waals surface area (Å²) in [5.74, 6) is -2.07. The zero-order valence-corrected chi connectivity index (χ0v) is 23.5. The van der Waals surface area contributed by atoms with Gasteiger partial charge in [0, 0.05) is 41.6 Å². The number of ether oxygens (including phenoxy) is 3. The zero-order chi connectivity index (χ0) is 29.1. The first-order chi connectivity index (χ1) is 19.8. The number of carbonyl (C=O) groups is 1. The molecule has 0 aliphatic rings. The van der Waals surface area contributed by atoms with Crippen LogP contribution in [0.25, 0.3) is 22.2 Å². The van der Waals surface area contributed by atoms with Crippen molar-refractivity contribution < 1.29 is 32.2 Å². The molecule has 0 radical (unpaired) electrons. The van der Waals surface area contributed by atoms with Gasteiger partial charge in [-0.25, -0.2) is 22.9 Å². The monoisotopic (exact) mass is 601 g/mol. The van der Waals surface area contributed by atoms with Crippen LogP contribution in [-0.2, 0) is 29.0 Å². The lowest BCUT2D eigenvalue weighted by atomic mass is 10.0. The van der Waals surface area contributed by atoms with Crippen molar-refractivity contribution in [2.45, 2.75) is 19.6 Å². The molecule has 0 spiro atoms. The van der Waals surface area contributed by atoms with E-state index in [2.05, 4.69) is 9.36 Å². The number of fused-ring (bicyclic) bond motifs is 1. The van der Waals surface area contributed by atoms with Crippen molar-refractivity contribution in [3.63, 3.8) is 0 Å². The summed E-state index contributed by atoms with van der Waals surface area (Å²) in [7, 11) is 2.83. The first-order valence-electron chi connectivity index (χ1n) is 12.3. The number of hydrogen-bond acceptors (Lipinski definition) is 7. The second-order valence-electron chi connectivity index (χ2n) is 9.02. The van der Waals surface area contributed by atoms with Gasteiger partial charge in [0.2, 0.25) is 5.88 Å². The highest BCUT2D eigenvalue weighted by atomic mass is 35.5. The Hall–Kier alpha value is -3.93. The van der Waals surface area contributed by atoms with Crippen molar-refractivity contribution in [1.29, 1.82) is 0 Å². The van der Waals surface area contributed by atoms with E-state index in [1.165, 1.54) is 37.4 Å². The number of aromatic nitrogens is 3. The Morgan fingerprint density at radius 3 is 2.51 bits per heavy atom. The minimum Gasteiger partial charge on any atom is -0.472 e. The third-order valence-corrected chi connectivity index (χ3v) is 7.32. The lowest BCUT2D eigenvalue weighted by molar-refractivity contribution is 0.0601. The van der Waals surface area contributed by atoms with Crippen molar-refractivity contribution in [1.82, 2.24) is 13.9 Å². The van der Waals surface area contributed by atoms with Gasteiger partial charge >= 0.3 is 5.97 Å². The molecule has 212 valence electrons. The molecule has 0 unspecified atom stereocenters. The van der Waals surface area contributed by atoms with Crippen LogP contribution in [0.15, 0.2) is 53.9 Å². The highest BCUT2D eigenvalue weighted by Gasteiger charge is 2.21. The Morgan fingerprint density at radius 2 is 1.80 bits per heavy atom. The smallest absolute Gasteiger partial charge is 0.337 e. The highest BCUT2D eigenvalue weighted by Crippen LogP contribution is 2.34. The molecule has 12 heteroatoms. The summed E-state index contributed by atoms with van der Waals surface area (Å²) in [5, 5.41) is 1.86. The van der Waals surface area contributed by atoms with Crippen molar-refractivity contribution in [3.8, 4) is 17.0 Å².